The molecule has 0 aromatic heterocycles. The van der Waals surface area contributed by atoms with Gasteiger partial charge in [-0.1, -0.05) is 37.6 Å². The van der Waals surface area contributed by atoms with Crippen LogP contribution in [0.2, 0.25) is 5.02 Å². The lowest BCUT2D eigenvalue weighted by Gasteiger charge is -2.31. The van der Waals surface area contributed by atoms with E-state index in [2.05, 4.69) is 19.2 Å². The van der Waals surface area contributed by atoms with Crippen molar-refractivity contribution >= 4 is 35.4 Å². The zero-order valence-electron chi connectivity index (χ0n) is 16.6. The monoisotopic (exact) mass is 412 g/mol. The summed E-state index contributed by atoms with van der Waals surface area (Å²) >= 11 is 7.55. The van der Waals surface area contributed by atoms with Crippen molar-refractivity contribution in [2.24, 2.45) is 5.92 Å². The molecule has 2 unspecified atom stereocenters. The van der Waals surface area contributed by atoms with E-state index >= 15 is 0 Å². The number of carbonyl (C=O) groups excluding carboxylic acids is 2. The molecule has 1 heterocycles. The molecule has 2 rings (SSSR count). The van der Waals surface area contributed by atoms with Crippen molar-refractivity contribution in [2.75, 3.05) is 12.3 Å². The molecular formula is C20H29ClN2O3S. The van der Waals surface area contributed by atoms with Crippen LogP contribution >= 0.6 is 23.4 Å². The van der Waals surface area contributed by atoms with Crippen molar-refractivity contribution < 1.29 is 14.3 Å². The highest BCUT2D eigenvalue weighted by atomic mass is 35.5. The zero-order chi connectivity index (χ0) is 20.2. The summed E-state index contributed by atoms with van der Waals surface area (Å²) < 4.78 is 5.59. The lowest BCUT2D eigenvalue weighted by molar-refractivity contribution is -0.125. The van der Waals surface area contributed by atoms with Gasteiger partial charge in [-0.05, 0) is 50.8 Å². The van der Waals surface area contributed by atoms with Crippen molar-refractivity contribution in [3.8, 4) is 0 Å². The van der Waals surface area contributed by atoms with Gasteiger partial charge in [-0.15, -0.1) is 11.8 Å². The highest BCUT2D eigenvalue weighted by molar-refractivity contribution is 7.99. The Morgan fingerprint density at radius 1 is 1.30 bits per heavy atom. The molecule has 2 atom stereocenters. The Morgan fingerprint density at radius 2 is 1.93 bits per heavy atom. The first-order valence-corrected chi connectivity index (χ1v) is 10.7. The predicted octanol–water partition coefficient (Wildman–Crippen LogP) is 4.85. The molecule has 1 aliphatic rings. The lowest BCUT2D eigenvalue weighted by Crippen LogP contribution is -2.49. The first-order chi connectivity index (χ1) is 12.6. The number of benzene rings is 1. The average Bonchev–Trinajstić information content (AvgIpc) is 2.98. The van der Waals surface area contributed by atoms with Crippen LogP contribution in [0, 0.1) is 5.92 Å². The third kappa shape index (κ3) is 6.32. The number of nitrogens with one attached hydrogen (secondary N) is 1. The van der Waals surface area contributed by atoms with Crippen LogP contribution in [0.5, 0.6) is 0 Å². The number of hydrogen-bond donors (Lipinski definition) is 1. The maximum absolute atomic E-state index is 12.9. The fourth-order valence-electron chi connectivity index (χ4n) is 2.73. The summed E-state index contributed by atoms with van der Waals surface area (Å²) in [7, 11) is 0. The lowest BCUT2D eigenvalue weighted by atomic mass is 10.1. The second kappa shape index (κ2) is 9.20. The molecule has 150 valence electrons. The van der Waals surface area contributed by atoms with Crippen LogP contribution in [0.1, 0.15) is 52.0 Å². The Labute approximate surface area is 171 Å². The first kappa shape index (κ1) is 21.9. The molecule has 7 heteroatoms. The molecule has 1 fully saturated rings. The standard InChI is InChI=1S/C20H29ClN2O3S/c1-13(2)10-11-22-17(24)16-12-27-18(14-6-8-15(21)9-7-14)23(16)19(25)26-20(3,4)5/h6-9,13,16,18H,10-12H2,1-5H3,(H,22,24). The Balaban J connectivity index is 2.21. The van der Waals surface area contributed by atoms with Crippen LogP contribution in [0.15, 0.2) is 24.3 Å². The van der Waals surface area contributed by atoms with E-state index in [0.29, 0.717) is 23.2 Å². The summed E-state index contributed by atoms with van der Waals surface area (Å²) in [5.74, 6) is 0.901. The van der Waals surface area contributed by atoms with Gasteiger partial charge in [0.15, 0.2) is 0 Å². The van der Waals surface area contributed by atoms with Gasteiger partial charge in [-0.3, -0.25) is 9.69 Å². The van der Waals surface area contributed by atoms with E-state index < -0.39 is 17.7 Å². The summed E-state index contributed by atoms with van der Waals surface area (Å²) in [5.41, 5.74) is 0.292. The zero-order valence-corrected chi connectivity index (χ0v) is 18.2. The number of amides is 2. The van der Waals surface area contributed by atoms with Gasteiger partial charge < -0.3 is 10.1 Å². The van der Waals surface area contributed by atoms with Crippen LogP contribution in [-0.4, -0.2) is 40.8 Å². The molecule has 1 saturated heterocycles. The van der Waals surface area contributed by atoms with Crippen LogP contribution in [-0.2, 0) is 9.53 Å². The van der Waals surface area contributed by atoms with Gasteiger partial charge in [0.05, 0.1) is 0 Å². The third-order valence-electron chi connectivity index (χ3n) is 4.08. The number of thioether (sulfide) groups is 1. The Bertz CT molecular complexity index is 658. The largest absolute Gasteiger partial charge is 0.444 e. The topological polar surface area (TPSA) is 58.6 Å². The molecule has 0 radical (unpaired) electrons. The third-order valence-corrected chi connectivity index (χ3v) is 5.66. The molecule has 0 saturated carbocycles. The number of rotatable bonds is 5. The van der Waals surface area contributed by atoms with Crippen LogP contribution in [0.25, 0.3) is 0 Å². The first-order valence-electron chi connectivity index (χ1n) is 9.24. The minimum absolute atomic E-state index is 0.134. The molecule has 0 bridgehead atoms. The van der Waals surface area contributed by atoms with Crippen LogP contribution in [0.3, 0.4) is 0 Å². The summed E-state index contributed by atoms with van der Waals surface area (Å²) in [6.45, 7) is 10.3. The predicted molar refractivity (Wildman–Crippen MR) is 111 cm³/mol. The smallest absolute Gasteiger partial charge is 0.412 e. The highest BCUT2D eigenvalue weighted by Crippen LogP contribution is 2.42. The Kier molecular flexibility index (Phi) is 7.46. The molecule has 5 nitrogen and oxygen atoms in total. The van der Waals surface area contributed by atoms with E-state index in [1.807, 2.05) is 32.9 Å². The second-order valence-corrected chi connectivity index (χ2v) is 9.66. The maximum atomic E-state index is 12.9. The molecule has 27 heavy (non-hydrogen) atoms. The quantitative estimate of drug-likeness (QED) is 0.750. The molecular weight excluding hydrogens is 384 g/mol. The summed E-state index contributed by atoms with van der Waals surface area (Å²) in [6, 6.07) is 6.80. The van der Waals surface area contributed by atoms with Crippen molar-refractivity contribution in [1.82, 2.24) is 10.2 Å². The van der Waals surface area contributed by atoms with E-state index in [-0.39, 0.29) is 11.3 Å². The van der Waals surface area contributed by atoms with Crippen LogP contribution in [0.4, 0.5) is 4.79 Å². The van der Waals surface area contributed by atoms with Crippen LogP contribution < -0.4 is 5.32 Å². The summed E-state index contributed by atoms with van der Waals surface area (Å²) in [4.78, 5) is 27.2. The van der Waals surface area contributed by atoms with Crippen molar-refractivity contribution in [3.05, 3.63) is 34.9 Å². The number of nitrogens with zero attached hydrogens (tertiary/aromatic N) is 1. The van der Waals surface area contributed by atoms with Gasteiger partial charge in [0.25, 0.3) is 0 Å². The number of ether oxygens (including phenoxy) is 1. The van der Waals surface area contributed by atoms with E-state index in [1.54, 1.807) is 28.8 Å². The molecule has 1 aromatic rings. The van der Waals surface area contributed by atoms with Gasteiger partial charge in [0.2, 0.25) is 5.91 Å². The second-order valence-electron chi connectivity index (χ2n) is 8.11. The number of carbonyl (C=O) groups is 2. The SMILES string of the molecule is CC(C)CCNC(=O)C1CSC(c2ccc(Cl)cc2)N1C(=O)OC(C)(C)C. The number of hydrogen-bond acceptors (Lipinski definition) is 4. The maximum Gasteiger partial charge on any atom is 0.412 e. The Hall–Kier alpha value is -1.40. The van der Waals surface area contributed by atoms with E-state index in [1.165, 1.54) is 0 Å². The van der Waals surface area contributed by atoms with Crippen molar-refractivity contribution in [1.29, 1.82) is 0 Å². The fourth-order valence-corrected chi connectivity index (χ4v) is 4.28. The van der Waals surface area contributed by atoms with Gasteiger partial charge in [0, 0.05) is 17.3 Å². The molecule has 1 N–H and O–H groups in total. The van der Waals surface area contributed by atoms with Gasteiger partial charge in [-0.25, -0.2) is 4.79 Å². The Morgan fingerprint density at radius 3 is 2.48 bits per heavy atom. The van der Waals surface area contributed by atoms with Crippen molar-refractivity contribution in [2.45, 2.75) is 58.1 Å². The van der Waals surface area contributed by atoms with Crippen molar-refractivity contribution in [3.63, 3.8) is 0 Å². The highest BCUT2D eigenvalue weighted by Gasteiger charge is 2.44. The van der Waals surface area contributed by atoms with Gasteiger partial charge in [-0.2, -0.15) is 0 Å². The minimum atomic E-state index is -0.631. The molecule has 0 spiro atoms. The van der Waals surface area contributed by atoms with Gasteiger partial charge >= 0.3 is 6.09 Å². The summed E-state index contributed by atoms with van der Waals surface area (Å²) in [6.07, 6.45) is 0.426. The average molecular weight is 413 g/mol. The van der Waals surface area contributed by atoms with E-state index in [9.17, 15) is 9.59 Å². The van der Waals surface area contributed by atoms with E-state index in [4.69, 9.17) is 16.3 Å². The fraction of sp³-hybridized carbons (Fsp3) is 0.600. The molecule has 2 amide bonds. The molecule has 1 aromatic carbocycles. The molecule has 0 aliphatic carbocycles. The minimum Gasteiger partial charge on any atom is -0.444 e. The van der Waals surface area contributed by atoms with E-state index in [0.717, 1.165) is 12.0 Å². The van der Waals surface area contributed by atoms with Gasteiger partial charge in [0.1, 0.15) is 17.0 Å². The molecule has 1 aliphatic heterocycles. The normalized spacial score (nSPS) is 20.0. The summed E-state index contributed by atoms with van der Waals surface area (Å²) in [5, 5.41) is 3.32. The number of halogens is 1.